The minimum Gasteiger partial charge on any atom is -0.456 e. The van der Waals surface area contributed by atoms with E-state index in [9.17, 15) is 0 Å². The third-order valence-electron chi connectivity index (χ3n) is 13.6. The lowest BCUT2D eigenvalue weighted by atomic mass is 9.65. The van der Waals surface area contributed by atoms with Crippen molar-refractivity contribution in [2.45, 2.75) is 5.41 Å². The van der Waals surface area contributed by atoms with Gasteiger partial charge in [-0.2, -0.15) is 0 Å². The molecule has 5 heteroatoms. The molecule has 0 fully saturated rings. The number of hydrogen-bond acceptors (Lipinski definition) is 5. The lowest BCUT2D eigenvalue weighted by Crippen LogP contribution is -2.32. The fraction of sp³-hybridized carbons (Fsp3) is 0.0167. The van der Waals surface area contributed by atoms with E-state index in [0.717, 1.165) is 83.6 Å². The van der Waals surface area contributed by atoms with Crippen LogP contribution >= 0.6 is 11.3 Å². The maximum absolute atomic E-state index is 7.32. The summed E-state index contributed by atoms with van der Waals surface area (Å²) in [5.74, 6) is 2.38. The van der Waals surface area contributed by atoms with E-state index >= 15 is 0 Å². The van der Waals surface area contributed by atoms with Gasteiger partial charge in [0.15, 0.2) is 5.82 Å². The van der Waals surface area contributed by atoms with E-state index in [4.69, 9.17) is 19.7 Å². The molecule has 0 amide bonds. The number of fused-ring (bicyclic) bond motifs is 16. The molecule has 0 N–H and O–H groups in total. The summed E-state index contributed by atoms with van der Waals surface area (Å²) < 4.78 is 9.79. The average Bonchev–Trinajstić information content (AvgIpc) is 3.90. The van der Waals surface area contributed by atoms with Crippen LogP contribution in [0, 0.1) is 0 Å². The van der Waals surface area contributed by atoms with E-state index in [0.29, 0.717) is 5.82 Å². The molecule has 14 rings (SSSR count). The summed E-state index contributed by atoms with van der Waals surface area (Å²) >= 11 is 1.81. The molecule has 2 aliphatic rings. The maximum Gasteiger partial charge on any atom is 0.160 e. The molecule has 1 spiro atoms. The van der Waals surface area contributed by atoms with Crippen LogP contribution in [0.1, 0.15) is 22.3 Å². The Morgan fingerprint density at radius 2 is 1.05 bits per heavy atom. The monoisotopic (exact) mass is 845 g/mol. The zero-order valence-electron chi connectivity index (χ0n) is 34.9. The van der Waals surface area contributed by atoms with Gasteiger partial charge in [0.2, 0.25) is 0 Å². The van der Waals surface area contributed by atoms with Gasteiger partial charge < -0.3 is 4.74 Å². The standard InChI is InChI=1S/C60H35N3OS/c1-3-16-36(17-4-1)56-44-31-32-49-57(64-53-28-13-12-27-48(53)60(49)46-25-10-7-20-39(46)40-21-8-11-26-47(40)60)55(44)45-34-38(30-33-50(45)61-56)51-35-52(63-59(62-51)37-18-5-2-6-19-37)43-24-15-23-42-41-22-9-14-29-54(41)65-58(42)43/h1-35H. The van der Waals surface area contributed by atoms with Gasteiger partial charge in [-0.25, -0.2) is 15.0 Å². The zero-order chi connectivity index (χ0) is 42.6. The van der Waals surface area contributed by atoms with Crippen molar-refractivity contribution in [1.82, 2.24) is 15.0 Å². The highest BCUT2D eigenvalue weighted by Gasteiger charge is 2.51. The minimum atomic E-state index is -0.606. The van der Waals surface area contributed by atoms with Gasteiger partial charge in [0.25, 0.3) is 0 Å². The number of aromatic nitrogens is 3. The van der Waals surface area contributed by atoms with E-state index in [-0.39, 0.29) is 0 Å². The average molecular weight is 846 g/mol. The van der Waals surface area contributed by atoms with Crippen LogP contribution in [-0.2, 0) is 5.41 Å². The van der Waals surface area contributed by atoms with Crippen molar-refractivity contribution < 1.29 is 4.74 Å². The van der Waals surface area contributed by atoms with Gasteiger partial charge in [-0.3, -0.25) is 0 Å². The quantitative estimate of drug-likeness (QED) is 0.166. The number of para-hydroxylation sites is 1. The van der Waals surface area contributed by atoms with Crippen molar-refractivity contribution in [2.24, 2.45) is 0 Å². The van der Waals surface area contributed by atoms with E-state index in [2.05, 4.69) is 194 Å². The second-order valence-electron chi connectivity index (χ2n) is 17.0. The Balaban J connectivity index is 1.07. The molecule has 4 nitrogen and oxygen atoms in total. The smallest absolute Gasteiger partial charge is 0.160 e. The first kappa shape index (κ1) is 36.3. The lowest BCUT2D eigenvalue weighted by molar-refractivity contribution is 0.442. The summed E-state index contributed by atoms with van der Waals surface area (Å²) in [4.78, 5) is 16.1. The second-order valence-corrected chi connectivity index (χ2v) is 18.0. The number of hydrogen-bond donors (Lipinski definition) is 0. The van der Waals surface area contributed by atoms with Gasteiger partial charge in [0.05, 0.1) is 28.0 Å². The van der Waals surface area contributed by atoms with Crippen molar-refractivity contribution in [3.63, 3.8) is 0 Å². The molecule has 4 heterocycles. The van der Waals surface area contributed by atoms with Crippen LogP contribution in [0.25, 0.3) is 98.1 Å². The molecule has 3 aromatic heterocycles. The molecule has 0 saturated heterocycles. The molecule has 0 unspecified atom stereocenters. The van der Waals surface area contributed by atoms with Gasteiger partial charge >= 0.3 is 0 Å². The van der Waals surface area contributed by atoms with Crippen molar-refractivity contribution in [3.05, 3.63) is 235 Å². The first-order valence-corrected chi connectivity index (χ1v) is 22.8. The van der Waals surface area contributed by atoms with Crippen molar-refractivity contribution in [3.8, 4) is 67.8 Å². The molecule has 9 aromatic carbocycles. The predicted molar refractivity (Wildman–Crippen MR) is 267 cm³/mol. The van der Waals surface area contributed by atoms with Gasteiger partial charge in [-0.15, -0.1) is 11.3 Å². The Bertz CT molecular complexity index is 3890. The van der Waals surface area contributed by atoms with Crippen LogP contribution in [0.4, 0.5) is 0 Å². The molecule has 1 aliphatic heterocycles. The molecular weight excluding hydrogens is 811 g/mol. The molecule has 1 aliphatic carbocycles. The van der Waals surface area contributed by atoms with Crippen LogP contribution < -0.4 is 4.74 Å². The Morgan fingerprint density at radius 3 is 1.85 bits per heavy atom. The number of benzene rings is 9. The number of nitrogens with zero attached hydrogens (tertiary/aromatic N) is 3. The van der Waals surface area contributed by atoms with Crippen LogP contribution in [0.5, 0.6) is 11.5 Å². The summed E-state index contributed by atoms with van der Waals surface area (Å²) in [6.45, 7) is 0. The van der Waals surface area contributed by atoms with E-state index in [1.165, 1.54) is 42.4 Å². The highest BCUT2D eigenvalue weighted by molar-refractivity contribution is 7.26. The molecule has 65 heavy (non-hydrogen) atoms. The summed E-state index contributed by atoms with van der Waals surface area (Å²) in [5.41, 5.74) is 14.2. The summed E-state index contributed by atoms with van der Waals surface area (Å²) in [7, 11) is 0. The van der Waals surface area contributed by atoms with Crippen molar-refractivity contribution >= 4 is 53.2 Å². The number of thiophene rings is 1. The maximum atomic E-state index is 7.32. The normalized spacial score (nSPS) is 13.2. The fourth-order valence-electron chi connectivity index (χ4n) is 10.8. The molecule has 0 saturated carbocycles. The number of rotatable bonds is 4. The zero-order valence-corrected chi connectivity index (χ0v) is 35.7. The van der Waals surface area contributed by atoms with E-state index in [1.54, 1.807) is 0 Å². The van der Waals surface area contributed by atoms with Crippen LogP contribution in [0.3, 0.4) is 0 Å². The first-order chi connectivity index (χ1) is 32.2. The number of ether oxygens (including phenoxy) is 1. The molecule has 12 aromatic rings. The highest BCUT2D eigenvalue weighted by atomic mass is 32.1. The molecular formula is C60H35N3OS. The molecule has 302 valence electrons. The Labute approximate surface area is 378 Å². The molecule has 0 radical (unpaired) electrons. The summed E-state index contributed by atoms with van der Waals surface area (Å²) in [6, 6.07) is 75.7. The summed E-state index contributed by atoms with van der Waals surface area (Å²) in [6.07, 6.45) is 0. The topological polar surface area (TPSA) is 47.9 Å². The molecule has 0 atom stereocenters. The van der Waals surface area contributed by atoms with E-state index < -0.39 is 5.41 Å². The van der Waals surface area contributed by atoms with Crippen LogP contribution in [0.15, 0.2) is 212 Å². The Hall–Kier alpha value is -8.25. The van der Waals surface area contributed by atoms with Crippen LogP contribution in [0.2, 0.25) is 0 Å². The van der Waals surface area contributed by atoms with Crippen molar-refractivity contribution in [2.75, 3.05) is 0 Å². The van der Waals surface area contributed by atoms with Gasteiger partial charge in [-0.05, 0) is 52.6 Å². The second kappa shape index (κ2) is 13.9. The van der Waals surface area contributed by atoms with Gasteiger partial charge in [-0.1, -0.05) is 182 Å². The first-order valence-electron chi connectivity index (χ1n) is 22.0. The largest absolute Gasteiger partial charge is 0.456 e. The number of pyridine rings is 1. The predicted octanol–water partition coefficient (Wildman–Crippen LogP) is 15.7. The highest BCUT2D eigenvalue weighted by Crippen LogP contribution is 2.63. The lowest BCUT2D eigenvalue weighted by Gasteiger charge is -2.40. The van der Waals surface area contributed by atoms with Crippen molar-refractivity contribution in [1.29, 1.82) is 0 Å². The molecule has 0 bridgehead atoms. The third-order valence-corrected chi connectivity index (χ3v) is 14.8. The van der Waals surface area contributed by atoms with Gasteiger partial charge in [0, 0.05) is 69.7 Å². The Morgan fingerprint density at radius 1 is 0.400 bits per heavy atom. The SMILES string of the molecule is c1ccc(-c2nc(-c3ccc4nc(-c5ccccc5)c5ccc6c(c5c4c3)Oc3ccccc3C63c4ccccc4-c4ccccc43)cc(-c3cccc4c3sc3ccccc34)n2)cc1. The fourth-order valence-corrected chi connectivity index (χ4v) is 12.0. The van der Waals surface area contributed by atoms with E-state index in [1.807, 2.05) is 29.5 Å². The van der Waals surface area contributed by atoms with Crippen LogP contribution in [-0.4, -0.2) is 15.0 Å². The minimum absolute atomic E-state index is 0.606. The summed E-state index contributed by atoms with van der Waals surface area (Å²) in [5, 5.41) is 5.54. The van der Waals surface area contributed by atoms with Gasteiger partial charge in [0.1, 0.15) is 11.5 Å². The third kappa shape index (κ3) is 5.21. The Kier molecular flexibility index (Phi) is 7.74.